The number of hydrogen-bond acceptors (Lipinski definition) is 5. The molecule has 0 spiro atoms. The molecule has 102 valence electrons. The van der Waals surface area contributed by atoms with Gasteiger partial charge in [0.1, 0.15) is 11.8 Å². The first-order valence-corrected chi connectivity index (χ1v) is 6.07. The van der Waals surface area contributed by atoms with Crippen LogP contribution in [0.2, 0.25) is 0 Å². The molecule has 5 nitrogen and oxygen atoms in total. The number of nitriles is 1. The van der Waals surface area contributed by atoms with Gasteiger partial charge in [0, 0.05) is 17.4 Å². The zero-order chi connectivity index (χ0) is 14.5. The van der Waals surface area contributed by atoms with E-state index in [1.165, 1.54) is 12.1 Å². The van der Waals surface area contributed by atoms with Gasteiger partial charge in [-0.1, -0.05) is 0 Å². The highest BCUT2D eigenvalue weighted by atomic mass is 19.1. The highest BCUT2D eigenvalue weighted by Gasteiger charge is 2.06. The Morgan fingerprint density at radius 3 is 2.80 bits per heavy atom. The zero-order valence-corrected chi connectivity index (χ0v) is 11.1. The lowest BCUT2D eigenvalue weighted by Gasteiger charge is -2.08. The molecule has 1 N–H and O–H groups in total. The zero-order valence-electron chi connectivity index (χ0n) is 11.1. The number of anilines is 2. The van der Waals surface area contributed by atoms with Crippen LogP contribution >= 0.6 is 0 Å². The van der Waals surface area contributed by atoms with Gasteiger partial charge in [-0.3, -0.25) is 0 Å². The molecule has 6 heteroatoms. The van der Waals surface area contributed by atoms with Gasteiger partial charge in [0.15, 0.2) is 11.6 Å². The lowest BCUT2D eigenvalue weighted by Crippen LogP contribution is -2.01. The normalized spacial score (nSPS) is 9.90. The molecule has 0 bridgehead atoms. The first kappa shape index (κ1) is 13.7. The maximum Gasteiger partial charge on any atom is 0.228 e. The maximum atomic E-state index is 13.7. The molecule has 0 saturated heterocycles. The average Bonchev–Trinajstić information content (AvgIpc) is 2.41. The van der Waals surface area contributed by atoms with Gasteiger partial charge in [-0.15, -0.1) is 0 Å². The molecule has 2 rings (SSSR count). The standard InChI is InChI=1S/C14H13FN4O/c1-3-20-13-5-4-10(7-12(13)15)18-14-17-9(2)6-11(8-16)19-14/h4-7H,3H2,1-2H3,(H,17,18,19). The second-order valence-corrected chi connectivity index (χ2v) is 4.03. The Morgan fingerprint density at radius 2 is 2.15 bits per heavy atom. The summed E-state index contributed by atoms with van der Waals surface area (Å²) in [6, 6.07) is 8.00. The van der Waals surface area contributed by atoms with Crippen molar-refractivity contribution in [3.8, 4) is 11.8 Å². The van der Waals surface area contributed by atoms with E-state index < -0.39 is 5.82 Å². The van der Waals surface area contributed by atoms with E-state index in [1.807, 2.05) is 6.07 Å². The Labute approximate surface area is 116 Å². The van der Waals surface area contributed by atoms with Crippen molar-refractivity contribution in [3.05, 3.63) is 41.5 Å². The molecule has 0 aliphatic carbocycles. The van der Waals surface area contributed by atoms with E-state index >= 15 is 0 Å². The SMILES string of the molecule is CCOc1ccc(Nc2nc(C)cc(C#N)n2)cc1F. The van der Waals surface area contributed by atoms with E-state index in [0.29, 0.717) is 18.0 Å². The summed E-state index contributed by atoms with van der Waals surface area (Å²) in [7, 11) is 0. The molecule has 0 amide bonds. The van der Waals surface area contributed by atoms with E-state index in [-0.39, 0.29) is 17.4 Å². The van der Waals surface area contributed by atoms with E-state index in [2.05, 4.69) is 15.3 Å². The topological polar surface area (TPSA) is 70.8 Å². The fourth-order valence-corrected chi connectivity index (χ4v) is 1.66. The Bertz CT molecular complexity index is 667. The van der Waals surface area contributed by atoms with Crippen molar-refractivity contribution in [2.75, 3.05) is 11.9 Å². The minimum atomic E-state index is -0.468. The van der Waals surface area contributed by atoms with E-state index in [1.54, 1.807) is 26.0 Å². The van der Waals surface area contributed by atoms with Crippen LogP contribution in [0.25, 0.3) is 0 Å². The van der Waals surface area contributed by atoms with Crippen LogP contribution in [0, 0.1) is 24.1 Å². The van der Waals surface area contributed by atoms with E-state index in [9.17, 15) is 4.39 Å². The van der Waals surface area contributed by atoms with E-state index in [4.69, 9.17) is 10.00 Å². The Morgan fingerprint density at radius 1 is 1.35 bits per heavy atom. The van der Waals surface area contributed by atoms with Crippen molar-refractivity contribution in [3.63, 3.8) is 0 Å². The smallest absolute Gasteiger partial charge is 0.228 e. The molecule has 20 heavy (non-hydrogen) atoms. The minimum absolute atomic E-state index is 0.195. The fraction of sp³-hybridized carbons (Fsp3) is 0.214. The predicted molar refractivity (Wildman–Crippen MR) is 72.3 cm³/mol. The molecule has 0 saturated carbocycles. The summed E-state index contributed by atoms with van der Waals surface area (Å²) in [6.07, 6.45) is 0. The van der Waals surface area contributed by atoms with Crippen LogP contribution in [0.5, 0.6) is 5.75 Å². The summed E-state index contributed by atoms with van der Waals surface area (Å²) in [4.78, 5) is 8.14. The summed E-state index contributed by atoms with van der Waals surface area (Å²) in [5.41, 5.74) is 1.40. The Balaban J connectivity index is 2.24. The third-order valence-electron chi connectivity index (χ3n) is 2.46. The average molecular weight is 272 g/mol. The summed E-state index contributed by atoms with van der Waals surface area (Å²) >= 11 is 0. The third-order valence-corrected chi connectivity index (χ3v) is 2.46. The highest BCUT2D eigenvalue weighted by molar-refractivity contribution is 5.55. The van der Waals surface area contributed by atoms with Crippen LogP contribution in [0.15, 0.2) is 24.3 Å². The molecule has 0 unspecified atom stereocenters. The number of benzene rings is 1. The number of nitrogens with zero attached hydrogens (tertiary/aromatic N) is 3. The molecule has 0 aliphatic heterocycles. The molecular weight excluding hydrogens is 259 g/mol. The molecule has 0 aliphatic rings. The second-order valence-electron chi connectivity index (χ2n) is 4.03. The Kier molecular flexibility index (Phi) is 4.11. The maximum absolute atomic E-state index is 13.7. The largest absolute Gasteiger partial charge is 0.491 e. The molecular formula is C14H13FN4O. The molecule has 0 radical (unpaired) electrons. The van der Waals surface area contributed by atoms with Gasteiger partial charge in [-0.25, -0.2) is 14.4 Å². The monoisotopic (exact) mass is 272 g/mol. The fourth-order valence-electron chi connectivity index (χ4n) is 1.66. The first-order valence-electron chi connectivity index (χ1n) is 6.07. The van der Waals surface area contributed by atoms with Crippen LogP contribution in [-0.2, 0) is 0 Å². The number of nitrogens with one attached hydrogen (secondary N) is 1. The first-order chi connectivity index (χ1) is 9.62. The molecule has 2 aromatic rings. The summed E-state index contributed by atoms with van der Waals surface area (Å²) in [6.45, 7) is 3.94. The van der Waals surface area contributed by atoms with Crippen LogP contribution in [0.4, 0.5) is 16.0 Å². The lowest BCUT2D eigenvalue weighted by molar-refractivity contribution is 0.321. The minimum Gasteiger partial charge on any atom is -0.491 e. The second kappa shape index (κ2) is 5.97. The number of halogens is 1. The van der Waals surface area contributed by atoms with Crippen molar-refractivity contribution in [2.45, 2.75) is 13.8 Å². The van der Waals surface area contributed by atoms with Crippen molar-refractivity contribution >= 4 is 11.6 Å². The quantitative estimate of drug-likeness (QED) is 0.926. The van der Waals surface area contributed by atoms with Crippen LogP contribution < -0.4 is 10.1 Å². The van der Waals surface area contributed by atoms with E-state index in [0.717, 1.165) is 0 Å². The number of hydrogen-bond donors (Lipinski definition) is 1. The third kappa shape index (κ3) is 3.20. The number of aromatic nitrogens is 2. The van der Waals surface area contributed by atoms with Gasteiger partial charge in [0.25, 0.3) is 0 Å². The molecule has 1 aromatic carbocycles. The summed E-state index contributed by atoms with van der Waals surface area (Å²) in [5.74, 6) is -0.0176. The van der Waals surface area contributed by atoms with Crippen LogP contribution in [-0.4, -0.2) is 16.6 Å². The van der Waals surface area contributed by atoms with Crippen molar-refractivity contribution in [2.24, 2.45) is 0 Å². The van der Waals surface area contributed by atoms with Gasteiger partial charge >= 0.3 is 0 Å². The van der Waals surface area contributed by atoms with Crippen molar-refractivity contribution in [1.29, 1.82) is 5.26 Å². The van der Waals surface area contributed by atoms with Gasteiger partial charge in [-0.05, 0) is 32.0 Å². The molecule has 1 heterocycles. The van der Waals surface area contributed by atoms with Crippen LogP contribution in [0.1, 0.15) is 18.3 Å². The van der Waals surface area contributed by atoms with Gasteiger partial charge in [0.2, 0.25) is 5.95 Å². The summed E-state index contributed by atoms with van der Waals surface area (Å²) < 4.78 is 18.8. The van der Waals surface area contributed by atoms with Crippen molar-refractivity contribution < 1.29 is 9.13 Å². The summed E-state index contributed by atoms with van der Waals surface area (Å²) in [5, 5.41) is 11.7. The van der Waals surface area contributed by atoms with Crippen molar-refractivity contribution in [1.82, 2.24) is 9.97 Å². The molecule has 0 atom stereocenters. The van der Waals surface area contributed by atoms with Gasteiger partial charge < -0.3 is 10.1 Å². The Hall–Kier alpha value is -2.68. The predicted octanol–water partition coefficient (Wildman–Crippen LogP) is 2.94. The van der Waals surface area contributed by atoms with Crippen LogP contribution in [0.3, 0.4) is 0 Å². The number of rotatable bonds is 4. The van der Waals surface area contributed by atoms with Gasteiger partial charge in [-0.2, -0.15) is 5.26 Å². The van der Waals surface area contributed by atoms with Gasteiger partial charge in [0.05, 0.1) is 6.61 Å². The molecule has 0 fully saturated rings. The molecule has 1 aromatic heterocycles. The number of aryl methyl sites for hydroxylation is 1. The highest BCUT2D eigenvalue weighted by Crippen LogP contribution is 2.22. The lowest BCUT2D eigenvalue weighted by atomic mass is 10.3. The number of ether oxygens (including phenoxy) is 1.